The zero-order valence-corrected chi connectivity index (χ0v) is 16.3. The maximum Gasteiger partial charge on any atom is 0.311 e. The highest BCUT2D eigenvalue weighted by Gasteiger charge is 2.05. The molecule has 0 saturated heterocycles. The fourth-order valence-electron chi connectivity index (χ4n) is 2.36. The Morgan fingerprint density at radius 1 is 0.750 bits per heavy atom. The first-order valence-electron chi connectivity index (χ1n) is 7.88. The Kier molecular flexibility index (Phi) is 5.81. The first-order chi connectivity index (χ1) is 13.4. The van der Waals surface area contributed by atoms with Crippen molar-refractivity contribution in [1.29, 1.82) is 0 Å². The van der Waals surface area contributed by atoms with Gasteiger partial charge in [-0.2, -0.15) is 0 Å². The molecule has 0 aliphatic rings. The van der Waals surface area contributed by atoms with Gasteiger partial charge in [0.1, 0.15) is 0 Å². The van der Waals surface area contributed by atoms with Gasteiger partial charge in [0.25, 0.3) is 11.8 Å². The number of aromatic nitrogens is 4. The Labute approximate surface area is 168 Å². The van der Waals surface area contributed by atoms with Gasteiger partial charge < -0.3 is 19.4 Å². The van der Waals surface area contributed by atoms with Crippen molar-refractivity contribution in [3.8, 4) is 11.8 Å². The number of hydrogen-bond donors (Lipinski definition) is 2. The molecule has 0 unspecified atom stereocenters. The zero-order chi connectivity index (χ0) is 20.3. The first kappa shape index (κ1) is 19.7. The molecular weight excluding hydrogens is 407 g/mol. The number of halogens is 2. The lowest BCUT2D eigenvalue weighted by Gasteiger charge is -2.00. The summed E-state index contributed by atoms with van der Waals surface area (Å²) in [5.74, 6) is 0.0968. The molecule has 2 aromatic carbocycles. The van der Waals surface area contributed by atoms with Crippen molar-refractivity contribution in [2.75, 3.05) is 14.2 Å². The molecule has 2 heterocycles. The highest BCUT2D eigenvalue weighted by atomic mass is 35.5. The number of nitrogens with one attached hydrogen (secondary N) is 2. The molecule has 0 saturated carbocycles. The van der Waals surface area contributed by atoms with Gasteiger partial charge in [0.05, 0.1) is 36.3 Å². The summed E-state index contributed by atoms with van der Waals surface area (Å²) in [7, 11) is 2.80. The monoisotopic (exact) mass is 420 g/mol. The Hall–Kier alpha value is -3.10. The Balaban J connectivity index is 0.000000161. The van der Waals surface area contributed by atoms with E-state index in [1.54, 1.807) is 36.4 Å². The molecule has 2 aromatic heterocycles. The van der Waals surface area contributed by atoms with Gasteiger partial charge in [0.2, 0.25) is 0 Å². The van der Waals surface area contributed by atoms with Crippen LogP contribution in [0.5, 0.6) is 11.8 Å². The van der Waals surface area contributed by atoms with Crippen LogP contribution in [0.2, 0.25) is 10.0 Å². The molecule has 0 radical (unpaired) electrons. The number of benzene rings is 2. The summed E-state index contributed by atoms with van der Waals surface area (Å²) in [6.45, 7) is 0. The quantitative estimate of drug-likeness (QED) is 0.515. The van der Waals surface area contributed by atoms with E-state index in [-0.39, 0.29) is 22.9 Å². The van der Waals surface area contributed by atoms with E-state index in [4.69, 9.17) is 32.7 Å². The normalized spacial score (nSPS) is 10.4. The molecule has 0 atom stereocenters. The average molecular weight is 421 g/mol. The zero-order valence-electron chi connectivity index (χ0n) is 14.7. The third kappa shape index (κ3) is 4.24. The van der Waals surface area contributed by atoms with E-state index in [0.717, 1.165) is 0 Å². The number of rotatable bonds is 2. The summed E-state index contributed by atoms with van der Waals surface area (Å²) in [6.07, 6.45) is 0. The van der Waals surface area contributed by atoms with Crippen molar-refractivity contribution in [1.82, 2.24) is 19.9 Å². The molecule has 4 rings (SSSR count). The summed E-state index contributed by atoms with van der Waals surface area (Å²) in [6, 6.07) is 10.1. The van der Waals surface area contributed by atoms with Crippen molar-refractivity contribution < 1.29 is 9.47 Å². The Bertz CT molecular complexity index is 1270. The molecule has 0 amide bonds. The second kappa shape index (κ2) is 8.28. The standard InChI is InChI=1S/2C9H7ClN2O2/c1-14-9-8(13)11-7-4-5(10)2-3-6(7)12-9;1-14-9-8(13)11-6-3-2-5(10)4-7(6)12-9/h2*2-4H,1H3,(H,11,13). The van der Waals surface area contributed by atoms with Gasteiger partial charge >= 0.3 is 11.1 Å². The van der Waals surface area contributed by atoms with E-state index in [2.05, 4.69) is 19.9 Å². The van der Waals surface area contributed by atoms with Crippen LogP contribution >= 0.6 is 23.2 Å². The number of H-pyrrole nitrogens is 2. The lowest BCUT2D eigenvalue weighted by Crippen LogP contribution is -2.11. The second-order valence-electron chi connectivity index (χ2n) is 5.47. The van der Waals surface area contributed by atoms with E-state index >= 15 is 0 Å². The molecule has 0 spiro atoms. The fraction of sp³-hybridized carbons (Fsp3) is 0.111. The summed E-state index contributed by atoms with van der Waals surface area (Å²) >= 11 is 11.5. The Morgan fingerprint density at radius 3 is 1.93 bits per heavy atom. The van der Waals surface area contributed by atoms with Crippen LogP contribution in [-0.2, 0) is 0 Å². The minimum atomic E-state index is -0.359. The molecule has 0 fully saturated rings. The molecule has 0 aliphatic heterocycles. The molecule has 2 N–H and O–H groups in total. The lowest BCUT2D eigenvalue weighted by atomic mass is 10.3. The van der Waals surface area contributed by atoms with Gasteiger partial charge in [-0.3, -0.25) is 9.59 Å². The fourth-order valence-corrected chi connectivity index (χ4v) is 2.70. The van der Waals surface area contributed by atoms with E-state index in [1.165, 1.54) is 14.2 Å². The van der Waals surface area contributed by atoms with Crippen LogP contribution in [0.4, 0.5) is 0 Å². The lowest BCUT2D eigenvalue weighted by molar-refractivity contribution is 0.393. The average Bonchev–Trinajstić information content (AvgIpc) is 2.67. The summed E-state index contributed by atoms with van der Waals surface area (Å²) in [4.78, 5) is 35.8. The van der Waals surface area contributed by atoms with Gasteiger partial charge in [0.15, 0.2) is 0 Å². The third-order valence-electron chi connectivity index (χ3n) is 3.63. The van der Waals surface area contributed by atoms with Crippen molar-refractivity contribution in [2.24, 2.45) is 0 Å². The number of ether oxygens (including phenoxy) is 2. The number of hydrogen-bond acceptors (Lipinski definition) is 6. The first-order valence-corrected chi connectivity index (χ1v) is 8.64. The van der Waals surface area contributed by atoms with Gasteiger partial charge in [-0.05, 0) is 36.4 Å². The summed E-state index contributed by atoms with van der Waals surface area (Å²) in [5.41, 5.74) is 1.79. The maximum atomic E-state index is 11.3. The van der Waals surface area contributed by atoms with Crippen LogP contribution in [0.15, 0.2) is 46.0 Å². The highest BCUT2D eigenvalue weighted by molar-refractivity contribution is 6.31. The Morgan fingerprint density at radius 2 is 1.29 bits per heavy atom. The minimum Gasteiger partial charge on any atom is -0.477 e. The second-order valence-corrected chi connectivity index (χ2v) is 6.35. The molecule has 8 nitrogen and oxygen atoms in total. The van der Waals surface area contributed by atoms with Crippen LogP contribution < -0.4 is 20.6 Å². The molecule has 144 valence electrons. The van der Waals surface area contributed by atoms with Crippen LogP contribution in [0.25, 0.3) is 22.1 Å². The van der Waals surface area contributed by atoms with E-state index < -0.39 is 0 Å². The van der Waals surface area contributed by atoms with E-state index in [0.29, 0.717) is 32.1 Å². The molecule has 10 heteroatoms. The van der Waals surface area contributed by atoms with Gasteiger partial charge in [-0.1, -0.05) is 23.2 Å². The van der Waals surface area contributed by atoms with Crippen LogP contribution in [-0.4, -0.2) is 34.2 Å². The van der Waals surface area contributed by atoms with Crippen molar-refractivity contribution in [3.63, 3.8) is 0 Å². The molecule has 0 bridgehead atoms. The maximum absolute atomic E-state index is 11.3. The van der Waals surface area contributed by atoms with Crippen LogP contribution in [0.3, 0.4) is 0 Å². The van der Waals surface area contributed by atoms with Crippen LogP contribution in [0.1, 0.15) is 0 Å². The van der Waals surface area contributed by atoms with E-state index in [9.17, 15) is 9.59 Å². The summed E-state index contributed by atoms with van der Waals surface area (Å²) in [5, 5.41) is 1.12. The van der Waals surface area contributed by atoms with Crippen molar-refractivity contribution in [2.45, 2.75) is 0 Å². The van der Waals surface area contributed by atoms with Crippen molar-refractivity contribution >= 4 is 45.3 Å². The van der Waals surface area contributed by atoms with Crippen molar-refractivity contribution in [3.05, 3.63) is 67.2 Å². The molecule has 4 aromatic rings. The van der Waals surface area contributed by atoms with Gasteiger partial charge in [-0.25, -0.2) is 9.97 Å². The molecular formula is C18H14Cl2N4O4. The topological polar surface area (TPSA) is 110 Å². The largest absolute Gasteiger partial charge is 0.477 e. The number of methoxy groups -OCH3 is 2. The summed E-state index contributed by atoms with van der Waals surface area (Å²) < 4.78 is 9.59. The predicted octanol–water partition coefficient (Wildman–Crippen LogP) is 3.17. The van der Waals surface area contributed by atoms with Gasteiger partial charge in [0, 0.05) is 10.0 Å². The number of fused-ring (bicyclic) bond motifs is 2. The van der Waals surface area contributed by atoms with Crippen LogP contribution in [0, 0.1) is 0 Å². The number of nitrogens with zero attached hydrogens (tertiary/aromatic N) is 2. The molecule has 0 aliphatic carbocycles. The minimum absolute atomic E-state index is 0.0415. The molecule has 28 heavy (non-hydrogen) atoms. The predicted molar refractivity (Wildman–Crippen MR) is 108 cm³/mol. The van der Waals surface area contributed by atoms with Gasteiger partial charge in [-0.15, -0.1) is 0 Å². The van der Waals surface area contributed by atoms with E-state index in [1.807, 2.05) is 0 Å². The number of aromatic amines is 2. The SMILES string of the molecule is COc1nc2cc(Cl)ccc2[nH]c1=O.COc1nc2ccc(Cl)cc2[nH]c1=O. The third-order valence-corrected chi connectivity index (χ3v) is 4.10. The smallest absolute Gasteiger partial charge is 0.311 e. The highest BCUT2D eigenvalue weighted by Crippen LogP contribution is 2.16.